The van der Waals surface area contributed by atoms with Crippen LogP contribution in [0, 0.1) is 25.2 Å². The molecule has 0 aliphatic heterocycles. The lowest BCUT2D eigenvalue weighted by molar-refractivity contribution is 0.307. The van der Waals surface area contributed by atoms with Crippen LogP contribution >= 0.6 is 23.2 Å². The van der Waals surface area contributed by atoms with Crippen LogP contribution in [0.1, 0.15) is 41.9 Å². The van der Waals surface area contributed by atoms with E-state index in [0.717, 1.165) is 22.4 Å². The van der Waals surface area contributed by atoms with Crippen molar-refractivity contribution in [3.05, 3.63) is 93.0 Å². The van der Waals surface area contributed by atoms with Crippen molar-refractivity contribution in [1.82, 2.24) is 15.0 Å². The monoisotopic (exact) mass is 562 g/mol. The molecule has 0 atom stereocenters. The molecule has 4 rings (SSSR count). The zero-order valence-corrected chi connectivity index (χ0v) is 23.6. The van der Waals surface area contributed by atoms with E-state index in [1.807, 2.05) is 45.9 Å². The maximum atomic E-state index is 9.21. The van der Waals surface area contributed by atoms with Crippen LogP contribution in [-0.4, -0.2) is 34.2 Å². The number of hydrogen-bond acceptors (Lipinski definition) is 7. The lowest BCUT2D eigenvalue weighted by Crippen LogP contribution is -2.12. The fourth-order valence-corrected chi connectivity index (χ4v) is 4.14. The number of pyridine rings is 1. The van der Waals surface area contributed by atoms with Crippen molar-refractivity contribution in [2.75, 3.05) is 6.61 Å². The second-order valence-electron chi connectivity index (χ2n) is 8.00. The number of aryl methyl sites for hydroxylation is 1. The number of imidazole rings is 1. The number of nitrogens with zero attached hydrogens (tertiary/aromatic N) is 5. The first kappa shape index (κ1) is 29.4. The predicted octanol–water partition coefficient (Wildman–Crippen LogP) is 7.71. The lowest BCUT2D eigenvalue weighted by atomic mass is 10.1. The van der Waals surface area contributed by atoms with Gasteiger partial charge in [0.15, 0.2) is 0 Å². The Bertz CT molecular complexity index is 1510. The summed E-state index contributed by atoms with van der Waals surface area (Å²) in [6.07, 6.45) is 3.96. The number of aromatic amines is 1. The maximum Gasteiger partial charge on any atom is 0.261 e. The molecule has 2 aromatic carbocycles. The van der Waals surface area contributed by atoms with Crippen LogP contribution in [0.2, 0.25) is 10.0 Å². The van der Waals surface area contributed by atoms with Gasteiger partial charge in [-0.3, -0.25) is 4.98 Å². The predicted molar refractivity (Wildman–Crippen MR) is 156 cm³/mol. The van der Waals surface area contributed by atoms with Gasteiger partial charge in [0.05, 0.1) is 23.3 Å². The molecule has 0 aliphatic carbocycles. The molecule has 1 N–H and O–H groups in total. The number of aromatic nitrogens is 3. The van der Waals surface area contributed by atoms with E-state index < -0.39 is 0 Å². The highest BCUT2D eigenvalue weighted by atomic mass is 35.5. The van der Waals surface area contributed by atoms with Crippen LogP contribution < -0.4 is 4.74 Å². The summed E-state index contributed by atoms with van der Waals surface area (Å²) in [5, 5.41) is 17.7. The summed E-state index contributed by atoms with van der Waals surface area (Å²) in [5.74, 6) is 1.81. The Hall–Kier alpha value is -4.19. The van der Waals surface area contributed by atoms with Crippen molar-refractivity contribution in [1.29, 1.82) is 5.26 Å². The minimum absolute atomic E-state index is 0.255. The quantitative estimate of drug-likeness (QED) is 0.134. The van der Waals surface area contributed by atoms with Crippen LogP contribution in [0.3, 0.4) is 0 Å². The van der Waals surface area contributed by atoms with E-state index >= 15 is 0 Å². The molecule has 0 radical (unpaired) electrons. The summed E-state index contributed by atoms with van der Waals surface area (Å²) in [6, 6.07) is 14.3. The summed E-state index contributed by atoms with van der Waals surface area (Å²) in [5.41, 5.74) is 4.35. The number of rotatable bonds is 8. The standard InChI is InChI=1S/C27H22Cl2N6O2.C2H6/c1-16-19(6-7-23(29)25(16)37-22-12-18(14-30)11-21(28)13-22)8-10-36-27(35-31-3)24-17(2)33-26(34-24)20-5-4-9-32-15-20;1-2/h4-7,9,11-13,15H,3,8,10H2,1-2H3,(H,33,34);1-2H3/b35-27-;. The lowest BCUT2D eigenvalue weighted by Gasteiger charge is -2.15. The summed E-state index contributed by atoms with van der Waals surface area (Å²) in [4.78, 5) is 12.0. The fraction of sp³-hybridized carbons (Fsp3) is 0.207. The number of hydrogen-bond donors (Lipinski definition) is 1. The maximum absolute atomic E-state index is 9.21. The van der Waals surface area contributed by atoms with Gasteiger partial charge in [-0.2, -0.15) is 10.4 Å². The molecule has 39 heavy (non-hydrogen) atoms. The third-order valence-corrected chi connectivity index (χ3v) is 6.00. The van der Waals surface area contributed by atoms with E-state index in [1.165, 1.54) is 0 Å². The van der Waals surface area contributed by atoms with Gasteiger partial charge in [0, 0.05) is 41.8 Å². The third kappa shape index (κ3) is 7.44. The van der Waals surface area contributed by atoms with Crippen molar-refractivity contribution < 1.29 is 9.47 Å². The van der Waals surface area contributed by atoms with E-state index in [4.69, 9.17) is 32.7 Å². The van der Waals surface area contributed by atoms with Crippen LogP contribution in [0.25, 0.3) is 11.4 Å². The number of nitriles is 1. The van der Waals surface area contributed by atoms with Gasteiger partial charge < -0.3 is 14.5 Å². The molecule has 0 saturated carbocycles. The molecule has 0 unspecified atom stereocenters. The van der Waals surface area contributed by atoms with Crippen LogP contribution in [0.5, 0.6) is 11.5 Å². The Morgan fingerprint density at radius 3 is 2.64 bits per heavy atom. The third-order valence-electron chi connectivity index (χ3n) is 5.48. The summed E-state index contributed by atoms with van der Waals surface area (Å²) < 4.78 is 12.0. The first-order valence-corrected chi connectivity index (χ1v) is 13.0. The molecule has 0 saturated heterocycles. The average Bonchev–Trinajstić information content (AvgIpc) is 3.34. The van der Waals surface area contributed by atoms with Gasteiger partial charge in [-0.25, -0.2) is 4.98 Å². The minimum Gasteiger partial charge on any atom is -0.475 e. The molecule has 0 bridgehead atoms. The van der Waals surface area contributed by atoms with E-state index in [0.29, 0.717) is 51.7 Å². The first-order valence-electron chi connectivity index (χ1n) is 12.2. The number of ether oxygens (including phenoxy) is 2. The van der Waals surface area contributed by atoms with E-state index in [1.54, 1.807) is 36.7 Å². The van der Waals surface area contributed by atoms with Crippen molar-refractivity contribution in [2.45, 2.75) is 34.1 Å². The Morgan fingerprint density at radius 1 is 1.15 bits per heavy atom. The van der Waals surface area contributed by atoms with Crippen molar-refractivity contribution in [2.24, 2.45) is 10.2 Å². The van der Waals surface area contributed by atoms with E-state index in [2.05, 4.69) is 37.9 Å². The minimum atomic E-state index is 0.255. The van der Waals surface area contributed by atoms with Crippen molar-refractivity contribution in [3.63, 3.8) is 0 Å². The number of halogens is 2. The van der Waals surface area contributed by atoms with Gasteiger partial charge >= 0.3 is 0 Å². The first-order chi connectivity index (χ1) is 18.9. The average molecular weight is 563 g/mol. The largest absolute Gasteiger partial charge is 0.475 e. The van der Waals surface area contributed by atoms with Gasteiger partial charge in [0.2, 0.25) is 0 Å². The molecule has 0 spiro atoms. The highest BCUT2D eigenvalue weighted by molar-refractivity contribution is 6.32. The normalized spacial score (nSPS) is 10.7. The molecule has 2 heterocycles. The van der Waals surface area contributed by atoms with Crippen LogP contribution in [-0.2, 0) is 11.2 Å². The zero-order chi connectivity index (χ0) is 28.4. The second-order valence-corrected chi connectivity index (χ2v) is 8.84. The number of benzene rings is 2. The molecule has 200 valence electrons. The second kappa shape index (κ2) is 14.1. The molecule has 2 aromatic heterocycles. The summed E-state index contributed by atoms with van der Waals surface area (Å²) in [6.45, 7) is 11.5. The molecular formula is C29H28Cl2N6O2. The van der Waals surface area contributed by atoms with E-state index in [9.17, 15) is 5.26 Å². The zero-order valence-electron chi connectivity index (χ0n) is 22.1. The molecule has 10 heteroatoms. The topological polar surface area (TPSA) is 109 Å². The Kier molecular flexibility index (Phi) is 10.6. The SMILES string of the molecule is C=N/N=C(\OCCc1ccc(Cl)c(Oc2cc(Cl)cc(C#N)c2)c1C)c1nc(-c2cccnc2)[nH]c1C.CC. The number of H-pyrrole nitrogens is 1. The molecule has 0 fully saturated rings. The Balaban J connectivity index is 0.00000205. The van der Waals surface area contributed by atoms with Crippen molar-refractivity contribution >= 4 is 35.8 Å². The highest BCUT2D eigenvalue weighted by Crippen LogP contribution is 2.36. The van der Waals surface area contributed by atoms with Crippen molar-refractivity contribution in [3.8, 4) is 29.0 Å². The van der Waals surface area contributed by atoms with Gasteiger partial charge in [-0.05, 0) is 61.4 Å². The summed E-state index contributed by atoms with van der Waals surface area (Å²) in [7, 11) is 0. The van der Waals surface area contributed by atoms with Gasteiger partial charge in [-0.1, -0.05) is 43.1 Å². The molecule has 8 nitrogen and oxygen atoms in total. The van der Waals surface area contributed by atoms with Crippen LogP contribution in [0.4, 0.5) is 0 Å². The number of nitrogens with one attached hydrogen (secondary N) is 1. The Morgan fingerprint density at radius 2 is 1.95 bits per heavy atom. The Labute approximate surface area is 238 Å². The van der Waals surface area contributed by atoms with E-state index in [-0.39, 0.29) is 5.90 Å². The van der Waals surface area contributed by atoms with Gasteiger partial charge in [0.25, 0.3) is 5.90 Å². The summed E-state index contributed by atoms with van der Waals surface area (Å²) >= 11 is 12.5. The smallest absolute Gasteiger partial charge is 0.261 e. The molecular weight excluding hydrogens is 535 g/mol. The fourth-order valence-electron chi connectivity index (χ4n) is 3.67. The van der Waals surface area contributed by atoms with Gasteiger partial charge in [0.1, 0.15) is 23.0 Å². The molecule has 0 aliphatic rings. The highest BCUT2D eigenvalue weighted by Gasteiger charge is 2.17. The molecule has 4 aromatic rings. The molecule has 0 amide bonds. The van der Waals surface area contributed by atoms with Gasteiger partial charge in [-0.15, -0.1) is 5.10 Å². The van der Waals surface area contributed by atoms with Crippen LogP contribution in [0.15, 0.2) is 65.1 Å².